The van der Waals surface area contributed by atoms with E-state index in [1.54, 1.807) is 0 Å². The van der Waals surface area contributed by atoms with Crippen LogP contribution in [0.15, 0.2) is 12.1 Å². The molecule has 2 aromatic heterocycles. The van der Waals surface area contributed by atoms with Crippen LogP contribution in [0.3, 0.4) is 0 Å². The van der Waals surface area contributed by atoms with Crippen molar-refractivity contribution in [2.24, 2.45) is 0 Å². The van der Waals surface area contributed by atoms with Gasteiger partial charge < -0.3 is 0 Å². The van der Waals surface area contributed by atoms with Crippen molar-refractivity contribution in [3.63, 3.8) is 0 Å². The number of hydrogen-bond donors (Lipinski definition) is 0. The molecular formula is C12H18N4. The minimum Gasteiger partial charge on any atom is -0.255 e. The van der Waals surface area contributed by atoms with E-state index in [1.807, 2.05) is 0 Å². The first-order valence-corrected chi connectivity index (χ1v) is 5.77. The normalized spacial score (nSPS) is 11.0. The van der Waals surface area contributed by atoms with Gasteiger partial charge in [0, 0.05) is 24.2 Å². The fourth-order valence-electron chi connectivity index (χ4n) is 2.00. The van der Waals surface area contributed by atoms with Crippen LogP contribution in [-0.4, -0.2) is 19.5 Å². The lowest BCUT2D eigenvalue weighted by atomic mass is 10.4. The zero-order valence-corrected chi connectivity index (χ0v) is 10.4. The predicted octanol–water partition coefficient (Wildman–Crippen LogP) is 2.13. The lowest BCUT2D eigenvalue weighted by Gasteiger charge is -2.14. The van der Waals surface area contributed by atoms with Crippen LogP contribution in [0.25, 0.3) is 0 Å². The van der Waals surface area contributed by atoms with E-state index in [2.05, 4.69) is 59.4 Å². The topological polar surface area (TPSA) is 35.6 Å². The highest BCUT2D eigenvalue weighted by molar-refractivity contribution is 5.16. The standard InChI is InChI=1S/C12H18N4/c1-5-11-13-14-12(6-2)16(11)15-9(3)7-8-10(15)4/h7-8H,5-6H2,1-4H3. The lowest BCUT2D eigenvalue weighted by molar-refractivity contribution is 0.565. The van der Waals surface area contributed by atoms with Crippen LogP contribution in [0.2, 0.25) is 0 Å². The molecule has 2 rings (SSSR count). The van der Waals surface area contributed by atoms with Crippen molar-refractivity contribution in [1.29, 1.82) is 0 Å². The Labute approximate surface area is 95.9 Å². The van der Waals surface area contributed by atoms with Crippen molar-refractivity contribution < 1.29 is 0 Å². The van der Waals surface area contributed by atoms with Crippen molar-refractivity contribution in [3.8, 4) is 0 Å². The predicted molar refractivity (Wildman–Crippen MR) is 63.5 cm³/mol. The molecule has 0 amide bonds. The van der Waals surface area contributed by atoms with Gasteiger partial charge in [0.05, 0.1) is 0 Å². The van der Waals surface area contributed by atoms with Gasteiger partial charge >= 0.3 is 0 Å². The number of hydrogen-bond acceptors (Lipinski definition) is 2. The molecule has 0 aliphatic rings. The molecule has 0 aliphatic carbocycles. The molecule has 0 aromatic carbocycles. The van der Waals surface area contributed by atoms with Crippen LogP contribution in [0.5, 0.6) is 0 Å². The number of rotatable bonds is 3. The number of aromatic nitrogens is 4. The Kier molecular flexibility index (Phi) is 2.81. The summed E-state index contributed by atoms with van der Waals surface area (Å²) in [6, 6.07) is 4.24. The maximum atomic E-state index is 4.24. The second kappa shape index (κ2) is 4.12. The third-order valence-electron chi connectivity index (χ3n) is 2.84. The van der Waals surface area contributed by atoms with Crippen LogP contribution < -0.4 is 0 Å². The molecule has 0 radical (unpaired) electrons. The molecule has 0 spiro atoms. The van der Waals surface area contributed by atoms with Crippen molar-refractivity contribution in [2.75, 3.05) is 0 Å². The first-order valence-electron chi connectivity index (χ1n) is 5.77. The largest absolute Gasteiger partial charge is 0.255 e. The van der Waals surface area contributed by atoms with Gasteiger partial charge in [0.25, 0.3) is 0 Å². The fraction of sp³-hybridized carbons (Fsp3) is 0.500. The summed E-state index contributed by atoms with van der Waals surface area (Å²) in [7, 11) is 0. The van der Waals surface area contributed by atoms with Gasteiger partial charge in [-0.2, -0.15) is 0 Å². The highest BCUT2D eigenvalue weighted by Crippen LogP contribution is 2.12. The Hall–Kier alpha value is -1.58. The van der Waals surface area contributed by atoms with Crippen LogP contribution in [0, 0.1) is 13.8 Å². The molecule has 86 valence electrons. The van der Waals surface area contributed by atoms with E-state index in [-0.39, 0.29) is 0 Å². The van der Waals surface area contributed by atoms with E-state index < -0.39 is 0 Å². The van der Waals surface area contributed by atoms with Crippen LogP contribution in [0.4, 0.5) is 0 Å². The van der Waals surface area contributed by atoms with Crippen LogP contribution in [0.1, 0.15) is 36.9 Å². The fourth-order valence-corrected chi connectivity index (χ4v) is 2.00. The molecule has 0 saturated carbocycles. The molecule has 0 bridgehead atoms. The smallest absolute Gasteiger partial charge is 0.152 e. The quantitative estimate of drug-likeness (QED) is 0.791. The van der Waals surface area contributed by atoms with Crippen molar-refractivity contribution >= 4 is 0 Å². The van der Waals surface area contributed by atoms with E-state index in [4.69, 9.17) is 0 Å². The average molecular weight is 218 g/mol. The van der Waals surface area contributed by atoms with Gasteiger partial charge in [-0.15, -0.1) is 10.2 Å². The van der Waals surface area contributed by atoms with E-state index in [0.29, 0.717) is 0 Å². The molecule has 0 aliphatic heterocycles. The number of nitrogens with zero attached hydrogens (tertiary/aromatic N) is 4. The van der Waals surface area contributed by atoms with Crippen LogP contribution >= 0.6 is 0 Å². The average Bonchev–Trinajstić information content (AvgIpc) is 2.82. The summed E-state index contributed by atoms with van der Waals surface area (Å²) < 4.78 is 4.31. The van der Waals surface area contributed by atoms with E-state index in [1.165, 1.54) is 11.4 Å². The van der Waals surface area contributed by atoms with E-state index >= 15 is 0 Å². The summed E-state index contributed by atoms with van der Waals surface area (Å²) >= 11 is 0. The van der Waals surface area contributed by atoms with Crippen molar-refractivity contribution in [1.82, 2.24) is 19.5 Å². The van der Waals surface area contributed by atoms with E-state index in [9.17, 15) is 0 Å². The first-order chi connectivity index (χ1) is 7.69. The SMILES string of the molecule is CCc1nnc(CC)n1-n1c(C)ccc1C. The maximum absolute atomic E-state index is 4.24. The lowest BCUT2D eigenvalue weighted by Crippen LogP contribution is -2.18. The monoisotopic (exact) mass is 218 g/mol. The molecule has 0 saturated heterocycles. The Morgan fingerprint density at radius 3 is 1.69 bits per heavy atom. The highest BCUT2D eigenvalue weighted by atomic mass is 15.5. The van der Waals surface area contributed by atoms with Crippen LogP contribution in [-0.2, 0) is 12.8 Å². The summed E-state index contributed by atoms with van der Waals surface area (Å²) in [6.45, 7) is 8.42. The molecule has 0 unspecified atom stereocenters. The summed E-state index contributed by atoms with van der Waals surface area (Å²) in [6.07, 6.45) is 1.79. The Morgan fingerprint density at radius 1 is 0.875 bits per heavy atom. The summed E-state index contributed by atoms with van der Waals surface area (Å²) in [4.78, 5) is 0. The van der Waals surface area contributed by atoms with Gasteiger partial charge in [0.2, 0.25) is 0 Å². The first kappa shape index (κ1) is 10.9. The van der Waals surface area contributed by atoms with Gasteiger partial charge in [-0.25, -0.2) is 4.68 Å². The second-order valence-electron chi connectivity index (χ2n) is 3.98. The van der Waals surface area contributed by atoms with Gasteiger partial charge in [0.1, 0.15) is 0 Å². The molecule has 0 N–H and O–H groups in total. The zero-order chi connectivity index (χ0) is 11.7. The second-order valence-corrected chi connectivity index (χ2v) is 3.98. The molecule has 2 aromatic rings. The number of aryl methyl sites for hydroxylation is 4. The minimum atomic E-state index is 0.893. The van der Waals surface area contributed by atoms with Crippen molar-refractivity contribution in [2.45, 2.75) is 40.5 Å². The molecular weight excluding hydrogens is 200 g/mol. The third-order valence-corrected chi connectivity index (χ3v) is 2.84. The zero-order valence-electron chi connectivity index (χ0n) is 10.4. The third kappa shape index (κ3) is 1.54. The Balaban J connectivity index is 2.66. The summed E-state index contributed by atoms with van der Waals surface area (Å²) in [5.74, 6) is 2.03. The molecule has 0 fully saturated rings. The Bertz CT molecular complexity index is 452. The van der Waals surface area contributed by atoms with Crippen molar-refractivity contribution in [3.05, 3.63) is 35.2 Å². The molecule has 4 nitrogen and oxygen atoms in total. The van der Waals surface area contributed by atoms with Gasteiger partial charge in [-0.05, 0) is 26.0 Å². The van der Waals surface area contributed by atoms with Gasteiger partial charge in [0.15, 0.2) is 11.6 Å². The molecule has 4 heteroatoms. The molecule has 16 heavy (non-hydrogen) atoms. The molecule has 2 heterocycles. The minimum absolute atomic E-state index is 0.893. The Morgan fingerprint density at radius 2 is 1.31 bits per heavy atom. The van der Waals surface area contributed by atoms with E-state index in [0.717, 1.165) is 24.5 Å². The maximum Gasteiger partial charge on any atom is 0.152 e. The summed E-state index contributed by atoms with van der Waals surface area (Å²) in [5, 5.41) is 8.47. The van der Waals surface area contributed by atoms with Gasteiger partial charge in [-0.3, -0.25) is 4.68 Å². The van der Waals surface area contributed by atoms with Gasteiger partial charge in [-0.1, -0.05) is 13.8 Å². The summed E-state index contributed by atoms with van der Waals surface area (Å²) in [5.41, 5.74) is 2.42. The molecule has 0 atom stereocenters. The highest BCUT2D eigenvalue weighted by Gasteiger charge is 2.13.